The number of nitrogens with two attached hydrogens (primary N) is 1. The first-order chi connectivity index (χ1) is 8.52. The summed E-state index contributed by atoms with van der Waals surface area (Å²) in [4.78, 5) is 15.1. The van der Waals surface area contributed by atoms with E-state index in [-0.39, 0.29) is 5.89 Å². The minimum atomic E-state index is -0.622. The van der Waals surface area contributed by atoms with E-state index in [2.05, 4.69) is 31.2 Å². The fourth-order valence-electron chi connectivity index (χ4n) is 1.44. The number of hydrogen-bond acceptors (Lipinski definition) is 6. The van der Waals surface area contributed by atoms with E-state index in [0.29, 0.717) is 12.4 Å². The molecule has 0 unspecified atom stereocenters. The average Bonchev–Trinajstić information content (AvgIpc) is 2.91. The molecule has 8 nitrogen and oxygen atoms in total. The first-order valence-corrected chi connectivity index (χ1v) is 5.85. The quantitative estimate of drug-likeness (QED) is 0.478. The third kappa shape index (κ3) is 2.27. The van der Waals surface area contributed by atoms with Gasteiger partial charge in [-0.3, -0.25) is 14.9 Å². The van der Waals surface area contributed by atoms with Crippen LogP contribution >= 0.6 is 15.9 Å². The van der Waals surface area contributed by atoms with Crippen LogP contribution in [0.4, 0.5) is 0 Å². The lowest BCUT2D eigenvalue weighted by atomic mass is 10.4. The minimum Gasteiger partial charge on any atom is -0.328 e. The highest BCUT2D eigenvalue weighted by atomic mass is 79.9. The first-order valence-electron chi connectivity index (χ1n) is 5.06. The van der Waals surface area contributed by atoms with Crippen molar-refractivity contribution < 1.29 is 9.32 Å². The fourth-order valence-corrected chi connectivity index (χ4v) is 1.72. The summed E-state index contributed by atoms with van der Waals surface area (Å²) in [5, 5.41) is 7.98. The standard InChI is InChI=1S/C9H11BrN6O2/c1-4-7(10)5(2)16(14-4)3-6-12-9(18-15-6)8(17)13-11/h3,11H2,1-2H3,(H,13,17). The predicted molar refractivity (Wildman–Crippen MR) is 64.5 cm³/mol. The van der Waals surface area contributed by atoms with Gasteiger partial charge >= 0.3 is 11.8 Å². The van der Waals surface area contributed by atoms with Crippen LogP contribution < -0.4 is 11.3 Å². The Bertz CT molecular complexity index is 590. The molecule has 0 atom stereocenters. The van der Waals surface area contributed by atoms with Crippen molar-refractivity contribution in [3.8, 4) is 0 Å². The predicted octanol–water partition coefficient (Wildman–Crippen LogP) is 0.297. The summed E-state index contributed by atoms with van der Waals surface area (Å²) in [7, 11) is 0. The van der Waals surface area contributed by atoms with Gasteiger partial charge in [0, 0.05) is 0 Å². The number of nitrogen functional groups attached to an aromatic ring is 1. The van der Waals surface area contributed by atoms with Gasteiger partial charge in [0.05, 0.1) is 15.9 Å². The number of aromatic nitrogens is 4. The number of amides is 1. The zero-order valence-corrected chi connectivity index (χ0v) is 11.4. The van der Waals surface area contributed by atoms with Crippen LogP contribution in [-0.4, -0.2) is 25.8 Å². The van der Waals surface area contributed by atoms with E-state index < -0.39 is 5.91 Å². The maximum absolute atomic E-state index is 11.1. The summed E-state index contributed by atoms with van der Waals surface area (Å²) < 4.78 is 7.41. The minimum absolute atomic E-state index is 0.173. The number of carbonyl (C=O) groups excluding carboxylic acids is 1. The molecule has 0 bridgehead atoms. The third-order valence-corrected chi connectivity index (χ3v) is 3.53. The van der Waals surface area contributed by atoms with Gasteiger partial charge in [0.2, 0.25) is 0 Å². The van der Waals surface area contributed by atoms with Crippen molar-refractivity contribution >= 4 is 21.8 Å². The summed E-state index contributed by atoms with van der Waals surface area (Å²) in [5.41, 5.74) is 3.74. The van der Waals surface area contributed by atoms with Crippen molar-refractivity contribution in [1.29, 1.82) is 0 Å². The largest absolute Gasteiger partial charge is 0.328 e. The molecule has 0 saturated heterocycles. The Morgan fingerprint density at radius 1 is 1.56 bits per heavy atom. The maximum atomic E-state index is 11.1. The number of carbonyl (C=O) groups is 1. The molecule has 18 heavy (non-hydrogen) atoms. The molecule has 2 rings (SSSR count). The molecule has 2 heterocycles. The van der Waals surface area contributed by atoms with Crippen molar-refractivity contribution in [1.82, 2.24) is 25.3 Å². The summed E-state index contributed by atoms with van der Waals surface area (Å²) in [6.45, 7) is 4.12. The summed E-state index contributed by atoms with van der Waals surface area (Å²) >= 11 is 3.42. The summed E-state index contributed by atoms with van der Waals surface area (Å²) in [6, 6.07) is 0. The highest BCUT2D eigenvalue weighted by molar-refractivity contribution is 9.10. The van der Waals surface area contributed by atoms with Crippen molar-refractivity contribution in [3.63, 3.8) is 0 Å². The zero-order valence-electron chi connectivity index (χ0n) is 9.77. The number of nitrogens with zero attached hydrogens (tertiary/aromatic N) is 4. The molecule has 0 aliphatic carbocycles. The lowest BCUT2D eigenvalue weighted by molar-refractivity contribution is 0.0910. The van der Waals surface area contributed by atoms with E-state index >= 15 is 0 Å². The van der Waals surface area contributed by atoms with Crippen LogP contribution in [0.5, 0.6) is 0 Å². The summed E-state index contributed by atoms with van der Waals surface area (Å²) in [5.74, 6) is 4.52. The molecule has 9 heteroatoms. The van der Waals surface area contributed by atoms with E-state index in [1.807, 2.05) is 19.3 Å². The van der Waals surface area contributed by atoms with Crippen molar-refractivity contribution in [3.05, 3.63) is 27.6 Å². The normalized spacial score (nSPS) is 10.7. The van der Waals surface area contributed by atoms with Crippen molar-refractivity contribution in [2.24, 2.45) is 5.84 Å². The summed E-state index contributed by atoms with van der Waals surface area (Å²) in [6.07, 6.45) is 0. The molecule has 0 saturated carbocycles. The molecule has 0 aliphatic heterocycles. The topological polar surface area (TPSA) is 112 Å². The van der Waals surface area contributed by atoms with Gasteiger partial charge in [-0.05, 0) is 29.8 Å². The number of hydrazine groups is 1. The second kappa shape index (κ2) is 4.86. The van der Waals surface area contributed by atoms with Gasteiger partial charge in [-0.2, -0.15) is 10.1 Å². The number of rotatable bonds is 3. The Kier molecular flexibility index (Phi) is 3.43. The Morgan fingerprint density at radius 3 is 2.83 bits per heavy atom. The Hall–Kier alpha value is -1.74. The molecule has 2 aromatic heterocycles. The number of hydrogen-bond donors (Lipinski definition) is 2. The second-order valence-electron chi connectivity index (χ2n) is 3.63. The lowest BCUT2D eigenvalue weighted by Crippen LogP contribution is -2.30. The molecule has 0 fully saturated rings. The molecule has 0 aromatic carbocycles. The van der Waals surface area contributed by atoms with Crippen LogP contribution in [0.15, 0.2) is 9.00 Å². The highest BCUT2D eigenvalue weighted by Crippen LogP contribution is 2.20. The van der Waals surface area contributed by atoms with Crippen LogP contribution in [0.1, 0.15) is 27.9 Å². The molecule has 0 radical (unpaired) electrons. The van der Waals surface area contributed by atoms with Crippen LogP contribution in [0.25, 0.3) is 0 Å². The van der Waals surface area contributed by atoms with E-state index in [1.165, 1.54) is 0 Å². The van der Waals surface area contributed by atoms with Gasteiger partial charge in [0.25, 0.3) is 0 Å². The van der Waals surface area contributed by atoms with Gasteiger partial charge in [0.1, 0.15) is 6.54 Å². The van der Waals surface area contributed by atoms with E-state index in [0.717, 1.165) is 15.9 Å². The smallest absolute Gasteiger partial charge is 0.323 e. The van der Waals surface area contributed by atoms with Crippen LogP contribution in [0, 0.1) is 13.8 Å². The van der Waals surface area contributed by atoms with Crippen LogP contribution in [-0.2, 0) is 6.54 Å². The fraction of sp³-hybridized carbons (Fsp3) is 0.333. The Balaban J connectivity index is 2.21. The average molecular weight is 315 g/mol. The monoisotopic (exact) mass is 314 g/mol. The first kappa shape index (κ1) is 12.7. The van der Waals surface area contributed by atoms with Gasteiger partial charge in [0.15, 0.2) is 5.82 Å². The number of nitrogens with one attached hydrogen (secondary N) is 1. The van der Waals surface area contributed by atoms with Crippen molar-refractivity contribution in [2.45, 2.75) is 20.4 Å². The van der Waals surface area contributed by atoms with Crippen LogP contribution in [0.2, 0.25) is 0 Å². The molecule has 96 valence electrons. The van der Waals surface area contributed by atoms with E-state index in [4.69, 9.17) is 10.4 Å². The molecule has 3 N–H and O–H groups in total. The molecule has 0 aliphatic rings. The van der Waals surface area contributed by atoms with Gasteiger partial charge < -0.3 is 4.52 Å². The lowest BCUT2D eigenvalue weighted by Gasteiger charge is -1.99. The van der Waals surface area contributed by atoms with Gasteiger partial charge in [-0.1, -0.05) is 5.16 Å². The Morgan fingerprint density at radius 2 is 2.28 bits per heavy atom. The highest BCUT2D eigenvalue weighted by Gasteiger charge is 2.16. The SMILES string of the molecule is Cc1nn(Cc2noc(C(=O)NN)n2)c(C)c1Br. The second-order valence-corrected chi connectivity index (χ2v) is 4.42. The molecular formula is C9H11BrN6O2. The molecule has 1 amide bonds. The molecule has 0 spiro atoms. The van der Waals surface area contributed by atoms with Gasteiger partial charge in [-0.15, -0.1) is 0 Å². The molecule has 2 aromatic rings. The Labute approximate surface area is 111 Å². The van der Waals surface area contributed by atoms with Crippen LogP contribution in [0.3, 0.4) is 0 Å². The third-order valence-electron chi connectivity index (χ3n) is 2.38. The van der Waals surface area contributed by atoms with E-state index in [9.17, 15) is 4.79 Å². The zero-order chi connectivity index (χ0) is 13.3. The molecular weight excluding hydrogens is 304 g/mol. The number of aryl methyl sites for hydroxylation is 1. The maximum Gasteiger partial charge on any atom is 0.323 e. The van der Waals surface area contributed by atoms with E-state index in [1.54, 1.807) is 4.68 Å². The number of halogens is 1. The van der Waals surface area contributed by atoms with Gasteiger partial charge in [-0.25, -0.2) is 5.84 Å². The van der Waals surface area contributed by atoms with Crippen molar-refractivity contribution in [2.75, 3.05) is 0 Å².